The van der Waals surface area contributed by atoms with E-state index < -0.39 is 0 Å². The molecule has 0 saturated heterocycles. The lowest BCUT2D eigenvalue weighted by Crippen LogP contribution is -2.37. The van der Waals surface area contributed by atoms with E-state index in [0.717, 1.165) is 24.9 Å². The molecule has 0 spiro atoms. The second-order valence-corrected chi connectivity index (χ2v) is 4.34. The van der Waals surface area contributed by atoms with E-state index in [1.165, 1.54) is 25.7 Å². The lowest BCUT2D eigenvalue weighted by Gasteiger charge is -2.33. The fraction of sp³-hybridized carbons (Fsp3) is 1.00. The summed E-state index contributed by atoms with van der Waals surface area (Å²) in [5, 5.41) is 0. The molecule has 0 amide bonds. The fourth-order valence-corrected chi connectivity index (χ4v) is 3.19. The highest BCUT2D eigenvalue weighted by atomic mass is 35.5. The molecule has 4 N–H and O–H groups in total. The van der Waals surface area contributed by atoms with Crippen LogP contribution in [0.15, 0.2) is 0 Å². The highest BCUT2D eigenvalue weighted by Crippen LogP contribution is 2.56. The van der Waals surface area contributed by atoms with Gasteiger partial charge in [-0.15, -0.1) is 12.4 Å². The lowest BCUT2D eigenvalue weighted by atomic mass is 9.75. The standard InChI is InChI=1S/C9H18N2.ClH/c10-5-8-3-7-1-2-9(8,4-7)6-11;/h7-8H,1-6,10-11H2;1H. The zero-order chi connectivity index (χ0) is 7.90. The minimum atomic E-state index is 0. The summed E-state index contributed by atoms with van der Waals surface area (Å²) >= 11 is 0. The molecule has 0 aliphatic heterocycles. The molecule has 2 rings (SSSR count). The first-order chi connectivity index (χ1) is 5.30. The Labute approximate surface area is 80.5 Å². The van der Waals surface area contributed by atoms with Crippen molar-refractivity contribution in [1.29, 1.82) is 0 Å². The zero-order valence-electron chi connectivity index (χ0n) is 7.46. The van der Waals surface area contributed by atoms with Crippen molar-refractivity contribution >= 4 is 12.4 Å². The Kier molecular flexibility index (Phi) is 3.02. The maximum atomic E-state index is 5.82. The minimum absolute atomic E-state index is 0. The van der Waals surface area contributed by atoms with Gasteiger partial charge in [0, 0.05) is 0 Å². The molecule has 2 bridgehead atoms. The van der Waals surface area contributed by atoms with Gasteiger partial charge in [-0.05, 0) is 56.0 Å². The summed E-state index contributed by atoms with van der Waals surface area (Å²) in [6.07, 6.45) is 5.48. The van der Waals surface area contributed by atoms with E-state index in [4.69, 9.17) is 11.5 Å². The van der Waals surface area contributed by atoms with Crippen LogP contribution in [-0.2, 0) is 0 Å². The van der Waals surface area contributed by atoms with Crippen molar-refractivity contribution in [2.75, 3.05) is 13.1 Å². The lowest BCUT2D eigenvalue weighted by molar-refractivity contribution is 0.200. The average Bonchev–Trinajstić information content (AvgIpc) is 2.60. The monoisotopic (exact) mass is 190 g/mol. The third kappa shape index (κ3) is 1.26. The Morgan fingerprint density at radius 2 is 2.08 bits per heavy atom. The van der Waals surface area contributed by atoms with Crippen molar-refractivity contribution in [3.8, 4) is 0 Å². The third-order valence-corrected chi connectivity index (χ3v) is 3.92. The first-order valence-electron chi connectivity index (χ1n) is 4.71. The molecule has 3 atom stereocenters. The van der Waals surface area contributed by atoms with Gasteiger partial charge in [-0.25, -0.2) is 0 Å². The van der Waals surface area contributed by atoms with Gasteiger partial charge in [-0.2, -0.15) is 0 Å². The van der Waals surface area contributed by atoms with Gasteiger partial charge in [-0.3, -0.25) is 0 Å². The molecular formula is C9H19ClN2. The first kappa shape index (κ1) is 10.3. The highest BCUT2D eigenvalue weighted by Gasteiger charge is 2.50. The van der Waals surface area contributed by atoms with Crippen LogP contribution in [0.2, 0.25) is 0 Å². The second-order valence-electron chi connectivity index (χ2n) is 4.34. The van der Waals surface area contributed by atoms with E-state index in [1.807, 2.05) is 0 Å². The SMILES string of the molecule is Cl.NCC1CC2CCC1(CN)C2. The summed E-state index contributed by atoms with van der Waals surface area (Å²) in [6, 6.07) is 0. The van der Waals surface area contributed by atoms with E-state index in [2.05, 4.69) is 0 Å². The van der Waals surface area contributed by atoms with E-state index in [-0.39, 0.29) is 12.4 Å². The van der Waals surface area contributed by atoms with Crippen LogP contribution in [-0.4, -0.2) is 13.1 Å². The molecule has 2 saturated carbocycles. The zero-order valence-corrected chi connectivity index (χ0v) is 8.28. The number of rotatable bonds is 2. The van der Waals surface area contributed by atoms with E-state index in [1.54, 1.807) is 0 Å². The van der Waals surface area contributed by atoms with Crippen LogP contribution < -0.4 is 11.5 Å². The van der Waals surface area contributed by atoms with Crippen molar-refractivity contribution < 1.29 is 0 Å². The topological polar surface area (TPSA) is 52.0 Å². The van der Waals surface area contributed by atoms with Crippen LogP contribution in [0.25, 0.3) is 0 Å². The molecule has 0 aromatic heterocycles. The number of fused-ring (bicyclic) bond motifs is 2. The summed E-state index contributed by atoms with van der Waals surface area (Å²) < 4.78 is 0. The molecule has 2 aliphatic rings. The molecule has 2 nitrogen and oxygen atoms in total. The van der Waals surface area contributed by atoms with Crippen LogP contribution >= 0.6 is 12.4 Å². The minimum Gasteiger partial charge on any atom is -0.330 e. The largest absolute Gasteiger partial charge is 0.330 e. The fourth-order valence-electron chi connectivity index (χ4n) is 3.19. The van der Waals surface area contributed by atoms with Crippen LogP contribution in [0, 0.1) is 17.3 Å². The Morgan fingerprint density at radius 1 is 1.33 bits per heavy atom. The van der Waals surface area contributed by atoms with Crippen molar-refractivity contribution in [3.63, 3.8) is 0 Å². The van der Waals surface area contributed by atoms with Gasteiger partial charge >= 0.3 is 0 Å². The summed E-state index contributed by atoms with van der Waals surface area (Å²) in [5.74, 6) is 1.71. The van der Waals surface area contributed by atoms with E-state index in [9.17, 15) is 0 Å². The molecule has 3 unspecified atom stereocenters. The van der Waals surface area contributed by atoms with Crippen LogP contribution in [0.4, 0.5) is 0 Å². The molecule has 2 aliphatic carbocycles. The molecule has 0 aromatic carbocycles. The summed E-state index contributed by atoms with van der Waals surface area (Å²) in [4.78, 5) is 0. The van der Waals surface area contributed by atoms with Crippen LogP contribution in [0.1, 0.15) is 25.7 Å². The maximum absolute atomic E-state index is 5.82. The van der Waals surface area contributed by atoms with Crippen molar-refractivity contribution in [1.82, 2.24) is 0 Å². The highest BCUT2D eigenvalue weighted by molar-refractivity contribution is 5.85. The normalized spacial score (nSPS) is 44.5. The molecule has 0 radical (unpaired) electrons. The van der Waals surface area contributed by atoms with Crippen molar-refractivity contribution in [2.45, 2.75) is 25.7 Å². The van der Waals surface area contributed by atoms with Crippen molar-refractivity contribution in [3.05, 3.63) is 0 Å². The Balaban J connectivity index is 0.000000720. The van der Waals surface area contributed by atoms with Crippen molar-refractivity contribution in [2.24, 2.45) is 28.7 Å². The molecule has 2 fully saturated rings. The molecule has 12 heavy (non-hydrogen) atoms. The number of halogens is 1. The van der Waals surface area contributed by atoms with Crippen LogP contribution in [0.5, 0.6) is 0 Å². The molecule has 3 heteroatoms. The van der Waals surface area contributed by atoms with Crippen LogP contribution in [0.3, 0.4) is 0 Å². The van der Waals surface area contributed by atoms with Gasteiger partial charge in [-0.1, -0.05) is 0 Å². The van der Waals surface area contributed by atoms with Gasteiger partial charge in [0.05, 0.1) is 0 Å². The van der Waals surface area contributed by atoms with Gasteiger partial charge in [0.25, 0.3) is 0 Å². The molecule has 72 valence electrons. The smallest absolute Gasteiger partial charge is 0.00173 e. The number of hydrogen-bond acceptors (Lipinski definition) is 2. The van der Waals surface area contributed by atoms with Gasteiger partial charge < -0.3 is 11.5 Å². The molecule has 0 heterocycles. The van der Waals surface area contributed by atoms with E-state index >= 15 is 0 Å². The predicted molar refractivity (Wildman–Crippen MR) is 53.2 cm³/mol. The number of hydrogen-bond donors (Lipinski definition) is 2. The Morgan fingerprint density at radius 3 is 2.50 bits per heavy atom. The third-order valence-electron chi connectivity index (χ3n) is 3.92. The summed E-state index contributed by atoms with van der Waals surface area (Å²) in [7, 11) is 0. The van der Waals surface area contributed by atoms with Gasteiger partial charge in [0.2, 0.25) is 0 Å². The maximum Gasteiger partial charge on any atom is -0.00173 e. The summed E-state index contributed by atoms with van der Waals surface area (Å²) in [6.45, 7) is 1.72. The first-order valence-corrected chi connectivity index (χ1v) is 4.71. The Hall–Kier alpha value is 0.210. The second kappa shape index (κ2) is 3.52. The van der Waals surface area contributed by atoms with Gasteiger partial charge in [0.1, 0.15) is 0 Å². The molecule has 0 aromatic rings. The average molecular weight is 191 g/mol. The van der Waals surface area contributed by atoms with Gasteiger partial charge in [0.15, 0.2) is 0 Å². The molecular weight excluding hydrogens is 172 g/mol. The quantitative estimate of drug-likeness (QED) is 0.686. The number of nitrogens with two attached hydrogens (primary N) is 2. The predicted octanol–water partition coefficient (Wildman–Crippen LogP) is 1.13. The van der Waals surface area contributed by atoms with E-state index in [0.29, 0.717) is 5.41 Å². The Bertz CT molecular complexity index is 163. The summed E-state index contributed by atoms with van der Waals surface area (Å²) in [5.41, 5.74) is 12.0.